The summed E-state index contributed by atoms with van der Waals surface area (Å²) in [5, 5.41) is 9.21. The number of carbonyl (C=O) groups is 2. The molecule has 0 aliphatic carbocycles. The summed E-state index contributed by atoms with van der Waals surface area (Å²) < 4.78 is 0. The molecule has 30 heavy (non-hydrogen) atoms. The van der Waals surface area contributed by atoms with Crippen molar-refractivity contribution in [2.24, 2.45) is 5.73 Å². The Morgan fingerprint density at radius 3 is 2.77 bits per heavy atom. The van der Waals surface area contributed by atoms with Crippen LogP contribution in [0.25, 0.3) is 0 Å². The lowest BCUT2D eigenvalue weighted by Crippen LogP contribution is -2.32. The van der Waals surface area contributed by atoms with Crippen molar-refractivity contribution < 1.29 is 9.59 Å². The zero-order valence-corrected chi connectivity index (χ0v) is 16.7. The van der Waals surface area contributed by atoms with Crippen molar-refractivity contribution in [1.29, 1.82) is 0 Å². The molecule has 0 spiro atoms. The van der Waals surface area contributed by atoms with Gasteiger partial charge in [-0.15, -0.1) is 0 Å². The normalized spacial score (nSPS) is 12.7. The smallest absolute Gasteiger partial charge is 0.254 e. The maximum absolute atomic E-state index is 12.1. The third-order valence-corrected chi connectivity index (χ3v) is 5.03. The van der Waals surface area contributed by atoms with E-state index in [0.29, 0.717) is 30.2 Å². The molecule has 0 saturated carbocycles. The summed E-state index contributed by atoms with van der Waals surface area (Å²) in [6.07, 6.45) is 2.07. The molecule has 2 amide bonds. The first-order valence-corrected chi connectivity index (χ1v) is 9.60. The van der Waals surface area contributed by atoms with Gasteiger partial charge in [-0.3, -0.25) is 9.59 Å². The summed E-state index contributed by atoms with van der Waals surface area (Å²) >= 11 is 0. The van der Waals surface area contributed by atoms with Crippen molar-refractivity contribution in [3.05, 3.63) is 70.4 Å². The Hall–Kier alpha value is -3.94. The van der Waals surface area contributed by atoms with E-state index in [4.69, 9.17) is 5.73 Å². The van der Waals surface area contributed by atoms with Gasteiger partial charge in [0.2, 0.25) is 5.95 Å². The molecule has 8 nitrogen and oxygen atoms in total. The Morgan fingerprint density at radius 1 is 1.13 bits per heavy atom. The number of aryl methyl sites for hydroxylation is 2. The number of nitrogens with two attached hydrogens (primary N) is 1. The number of rotatable bonds is 5. The van der Waals surface area contributed by atoms with Crippen molar-refractivity contribution in [3.8, 4) is 0 Å². The van der Waals surface area contributed by atoms with Gasteiger partial charge >= 0.3 is 0 Å². The number of amides is 2. The van der Waals surface area contributed by atoms with E-state index in [2.05, 4.69) is 25.9 Å². The van der Waals surface area contributed by atoms with E-state index in [9.17, 15) is 9.59 Å². The third kappa shape index (κ3) is 3.80. The molecule has 5 N–H and O–H groups in total. The number of aromatic nitrogens is 2. The Morgan fingerprint density at radius 2 is 1.97 bits per heavy atom. The van der Waals surface area contributed by atoms with Crippen LogP contribution in [0.3, 0.4) is 0 Å². The van der Waals surface area contributed by atoms with Crippen LogP contribution in [0.5, 0.6) is 0 Å². The van der Waals surface area contributed by atoms with Gasteiger partial charge in [0, 0.05) is 29.7 Å². The van der Waals surface area contributed by atoms with E-state index < -0.39 is 5.91 Å². The Bertz CT molecular complexity index is 1160. The van der Waals surface area contributed by atoms with Crippen LogP contribution in [0, 0.1) is 13.8 Å². The van der Waals surface area contributed by atoms with Crippen LogP contribution in [-0.4, -0.2) is 28.3 Å². The summed E-state index contributed by atoms with van der Waals surface area (Å²) in [4.78, 5) is 32.8. The van der Waals surface area contributed by atoms with Crippen molar-refractivity contribution in [3.63, 3.8) is 0 Å². The molecule has 0 bridgehead atoms. The van der Waals surface area contributed by atoms with Crippen LogP contribution in [0.2, 0.25) is 0 Å². The molecule has 0 atom stereocenters. The van der Waals surface area contributed by atoms with Crippen LogP contribution in [0.15, 0.2) is 42.6 Å². The summed E-state index contributed by atoms with van der Waals surface area (Å²) in [5.74, 6) is -0.142. The second-order valence-corrected chi connectivity index (χ2v) is 7.23. The fourth-order valence-electron chi connectivity index (χ4n) is 3.42. The van der Waals surface area contributed by atoms with E-state index >= 15 is 0 Å². The van der Waals surface area contributed by atoms with Crippen molar-refractivity contribution in [1.82, 2.24) is 15.3 Å². The molecule has 1 aliphatic rings. The van der Waals surface area contributed by atoms with Crippen LogP contribution in [-0.2, 0) is 6.42 Å². The van der Waals surface area contributed by atoms with Gasteiger partial charge in [0.1, 0.15) is 11.4 Å². The number of anilines is 4. The summed E-state index contributed by atoms with van der Waals surface area (Å²) in [6.45, 7) is 4.54. The monoisotopic (exact) mass is 402 g/mol. The van der Waals surface area contributed by atoms with Crippen LogP contribution < -0.4 is 21.7 Å². The van der Waals surface area contributed by atoms with Crippen LogP contribution in [0.4, 0.5) is 23.1 Å². The topological polar surface area (TPSA) is 122 Å². The minimum absolute atomic E-state index is 0.116. The Labute approximate surface area is 173 Å². The zero-order valence-electron chi connectivity index (χ0n) is 16.7. The lowest BCUT2D eigenvalue weighted by molar-refractivity contribution is 0.0944. The highest BCUT2D eigenvalue weighted by atomic mass is 16.2. The lowest BCUT2D eigenvalue weighted by Gasteiger charge is -2.21. The summed E-state index contributed by atoms with van der Waals surface area (Å²) in [7, 11) is 0. The molecular weight excluding hydrogens is 380 g/mol. The fraction of sp³-hybridized carbons (Fsp3) is 0.182. The second kappa shape index (κ2) is 7.82. The van der Waals surface area contributed by atoms with E-state index in [0.717, 1.165) is 22.4 Å². The molecule has 1 aliphatic heterocycles. The molecule has 152 valence electrons. The van der Waals surface area contributed by atoms with Gasteiger partial charge in [-0.2, -0.15) is 4.98 Å². The molecule has 3 aromatic rings. The highest BCUT2D eigenvalue weighted by Gasteiger charge is 2.21. The minimum atomic E-state index is -0.640. The number of nitrogens with one attached hydrogen (secondary N) is 3. The first-order valence-electron chi connectivity index (χ1n) is 9.60. The number of primary amides is 1. The Balaban J connectivity index is 1.71. The zero-order chi connectivity index (χ0) is 21.3. The van der Waals surface area contributed by atoms with Gasteiger partial charge < -0.3 is 21.7 Å². The molecule has 0 fully saturated rings. The van der Waals surface area contributed by atoms with Crippen molar-refractivity contribution in [2.45, 2.75) is 20.3 Å². The SMILES string of the molecule is Cc1ccc(C)c(Nc2ncc(C(N)=O)c(Nc3cccc4c3CCNC4=O)n2)c1. The number of hydrogen-bond acceptors (Lipinski definition) is 6. The predicted octanol–water partition coefficient (Wildman–Crippen LogP) is 2.97. The molecular formula is C22H22N6O2. The molecule has 0 saturated heterocycles. The van der Waals surface area contributed by atoms with Gasteiger partial charge in [0.05, 0.1) is 0 Å². The van der Waals surface area contributed by atoms with Gasteiger partial charge in [0.15, 0.2) is 0 Å². The van der Waals surface area contributed by atoms with Gasteiger partial charge in [0.25, 0.3) is 11.8 Å². The largest absolute Gasteiger partial charge is 0.365 e. The minimum Gasteiger partial charge on any atom is -0.365 e. The molecule has 1 aromatic heterocycles. The highest BCUT2D eigenvalue weighted by Crippen LogP contribution is 2.28. The van der Waals surface area contributed by atoms with Gasteiger partial charge in [-0.05, 0) is 55.2 Å². The number of nitrogens with zero attached hydrogens (tertiary/aromatic N) is 2. The van der Waals surface area contributed by atoms with E-state index in [1.54, 1.807) is 12.1 Å². The van der Waals surface area contributed by atoms with Crippen LogP contribution >= 0.6 is 0 Å². The molecule has 8 heteroatoms. The number of hydrogen-bond donors (Lipinski definition) is 4. The predicted molar refractivity (Wildman–Crippen MR) is 116 cm³/mol. The maximum Gasteiger partial charge on any atom is 0.254 e. The number of carbonyl (C=O) groups excluding carboxylic acids is 2. The summed E-state index contributed by atoms with van der Waals surface area (Å²) in [5.41, 5.74) is 10.9. The highest BCUT2D eigenvalue weighted by molar-refractivity contribution is 6.00. The molecule has 0 radical (unpaired) electrons. The van der Waals surface area contributed by atoms with Gasteiger partial charge in [-0.25, -0.2) is 4.98 Å². The average Bonchev–Trinajstić information content (AvgIpc) is 2.71. The summed E-state index contributed by atoms with van der Waals surface area (Å²) in [6, 6.07) is 11.4. The van der Waals surface area contributed by atoms with Crippen LogP contribution in [0.1, 0.15) is 37.4 Å². The first-order chi connectivity index (χ1) is 14.4. The average molecular weight is 402 g/mol. The molecule has 2 heterocycles. The standard InChI is InChI=1S/C22H22N6O2/c1-12-6-7-13(2)18(10-12)27-22-25-11-16(19(23)29)20(28-22)26-17-5-3-4-15-14(17)8-9-24-21(15)30/h3-7,10-11H,8-9H2,1-2H3,(H2,23,29)(H,24,30)(H2,25,26,27,28). The number of fused-ring (bicyclic) bond motifs is 1. The van der Waals surface area contributed by atoms with E-state index in [1.807, 2.05) is 38.1 Å². The quantitative estimate of drug-likeness (QED) is 0.520. The second-order valence-electron chi connectivity index (χ2n) is 7.23. The lowest BCUT2D eigenvalue weighted by atomic mass is 9.98. The van der Waals surface area contributed by atoms with Crippen molar-refractivity contribution in [2.75, 3.05) is 17.2 Å². The fourth-order valence-corrected chi connectivity index (χ4v) is 3.42. The van der Waals surface area contributed by atoms with Gasteiger partial charge in [-0.1, -0.05) is 18.2 Å². The molecule has 4 rings (SSSR count). The first kappa shape index (κ1) is 19.4. The number of benzene rings is 2. The third-order valence-electron chi connectivity index (χ3n) is 5.03. The maximum atomic E-state index is 12.1. The Kier molecular flexibility index (Phi) is 5.05. The van der Waals surface area contributed by atoms with E-state index in [-0.39, 0.29) is 17.3 Å². The van der Waals surface area contributed by atoms with Crippen molar-refractivity contribution >= 4 is 35.0 Å². The molecule has 0 unspecified atom stereocenters. The van der Waals surface area contributed by atoms with E-state index in [1.165, 1.54) is 6.20 Å². The molecule has 2 aromatic carbocycles.